The minimum Gasteiger partial charge on any atom is -0.490 e. The fraction of sp³-hybridized carbons (Fsp3) is 0.143. The number of ether oxygens (including phenoxy) is 1. The Morgan fingerprint density at radius 2 is 2.05 bits per heavy atom. The quantitative estimate of drug-likeness (QED) is 0.905. The van der Waals surface area contributed by atoms with Crippen LogP contribution in [0.25, 0.3) is 0 Å². The van der Waals surface area contributed by atoms with Crippen molar-refractivity contribution in [1.82, 2.24) is 5.32 Å². The van der Waals surface area contributed by atoms with Gasteiger partial charge in [0.1, 0.15) is 6.26 Å². The molecule has 0 aliphatic heterocycles. The fourth-order valence-corrected chi connectivity index (χ4v) is 1.53. The predicted octanol–water partition coefficient (Wildman–Crippen LogP) is 1.58. The molecule has 0 saturated heterocycles. The summed E-state index contributed by atoms with van der Waals surface area (Å²) in [6.07, 6.45) is 1.12. The van der Waals surface area contributed by atoms with E-state index < -0.39 is 11.3 Å². The van der Waals surface area contributed by atoms with Crippen LogP contribution in [0.15, 0.2) is 51.9 Å². The number of hydrogen-bond acceptors (Lipinski definition) is 4. The van der Waals surface area contributed by atoms with Crippen molar-refractivity contribution in [3.63, 3.8) is 0 Å². The second-order valence-electron chi connectivity index (χ2n) is 3.85. The molecule has 0 bridgehead atoms. The Morgan fingerprint density at radius 1 is 1.32 bits per heavy atom. The van der Waals surface area contributed by atoms with E-state index in [0.29, 0.717) is 6.54 Å². The molecule has 1 heterocycles. The van der Waals surface area contributed by atoms with Crippen LogP contribution < -0.4 is 15.5 Å². The van der Waals surface area contributed by atoms with Gasteiger partial charge < -0.3 is 14.5 Å². The van der Waals surface area contributed by atoms with Crippen molar-refractivity contribution >= 4 is 5.91 Å². The summed E-state index contributed by atoms with van der Waals surface area (Å²) in [6.45, 7) is 0.370. The first-order valence-electron chi connectivity index (χ1n) is 5.69. The summed E-state index contributed by atoms with van der Waals surface area (Å²) < 4.78 is 9.81. The summed E-state index contributed by atoms with van der Waals surface area (Å²) >= 11 is 0. The predicted molar refractivity (Wildman–Crippen MR) is 69.1 cm³/mol. The van der Waals surface area contributed by atoms with Gasteiger partial charge in [0.2, 0.25) is 11.2 Å². The molecular formula is C14H13NO4. The Bertz CT molecular complexity index is 619. The number of rotatable bonds is 4. The van der Waals surface area contributed by atoms with E-state index >= 15 is 0 Å². The Morgan fingerprint density at radius 3 is 2.68 bits per heavy atom. The van der Waals surface area contributed by atoms with Crippen LogP contribution in [0.4, 0.5) is 0 Å². The van der Waals surface area contributed by atoms with E-state index in [4.69, 9.17) is 9.15 Å². The van der Waals surface area contributed by atoms with Crippen molar-refractivity contribution in [1.29, 1.82) is 0 Å². The Hall–Kier alpha value is -2.56. The average molecular weight is 259 g/mol. The lowest BCUT2D eigenvalue weighted by molar-refractivity contribution is 0.0920. The Kier molecular flexibility index (Phi) is 3.97. The first-order chi connectivity index (χ1) is 9.20. The number of amides is 1. The summed E-state index contributed by atoms with van der Waals surface area (Å²) in [5.41, 5.74) is 0.574. The molecule has 98 valence electrons. The maximum absolute atomic E-state index is 11.8. The normalized spacial score (nSPS) is 9.95. The van der Waals surface area contributed by atoms with Crippen LogP contribution >= 0.6 is 0 Å². The van der Waals surface area contributed by atoms with Gasteiger partial charge in [-0.2, -0.15) is 0 Å². The first-order valence-corrected chi connectivity index (χ1v) is 5.69. The van der Waals surface area contributed by atoms with Gasteiger partial charge in [0, 0.05) is 12.6 Å². The zero-order valence-electron chi connectivity index (χ0n) is 10.4. The van der Waals surface area contributed by atoms with Crippen LogP contribution in [0, 0.1) is 0 Å². The topological polar surface area (TPSA) is 68.5 Å². The largest absolute Gasteiger partial charge is 0.490 e. The van der Waals surface area contributed by atoms with Crippen LogP contribution in [0.5, 0.6) is 5.75 Å². The third kappa shape index (κ3) is 3.22. The average Bonchev–Trinajstić information content (AvgIpc) is 2.45. The summed E-state index contributed by atoms with van der Waals surface area (Å²) in [5.74, 6) is -0.412. The number of carbonyl (C=O) groups is 1. The fourth-order valence-electron chi connectivity index (χ4n) is 1.53. The minimum absolute atomic E-state index is 0.0401. The van der Waals surface area contributed by atoms with Crippen molar-refractivity contribution in [2.24, 2.45) is 0 Å². The van der Waals surface area contributed by atoms with Gasteiger partial charge in [0.05, 0.1) is 7.11 Å². The molecule has 0 radical (unpaired) electrons. The van der Waals surface area contributed by atoms with Gasteiger partial charge in [0.25, 0.3) is 5.91 Å². The molecule has 1 aromatic heterocycles. The van der Waals surface area contributed by atoms with Crippen LogP contribution in [-0.2, 0) is 6.54 Å². The molecule has 5 heteroatoms. The second-order valence-corrected chi connectivity index (χ2v) is 3.85. The summed E-state index contributed by atoms with van der Waals surface area (Å²) in [4.78, 5) is 23.3. The SMILES string of the molecule is COc1coc(C(=O)NCc2ccccc2)cc1=O. The van der Waals surface area contributed by atoms with Gasteiger partial charge in [-0.1, -0.05) is 30.3 Å². The van der Waals surface area contributed by atoms with Gasteiger partial charge in [-0.15, -0.1) is 0 Å². The highest BCUT2D eigenvalue weighted by Crippen LogP contribution is 2.05. The molecule has 1 aromatic carbocycles. The van der Waals surface area contributed by atoms with Gasteiger partial charge in [-0.25, -0.2) is 0 Å². The minimum atomic E-state index is -0.441. The molecule has 0 atom stereocenters. The molecule has 0 spiro atoms. The van der Waals surface area contributed by atoms with Gasteiger partial charge >= 0.3 is 0 Å². The van der Waals surface area contributed by atoms with Crippen LogP contribution in [0.1, 0.15) is 16.1 Å². The summed E-state index contributed by atoms with van der Waals surface area (Å²) in [7, 11) is 1.36. The molecular weight excluding hydrogens is 246 g/mol. The molecule has 2 aromatic rings. The molecule has 0 saturated carbocycles. The third-order valence-corrected chi connectivity index (χ3v) is 2.54. The van der Waals surface area contributed by atoms with Crippen molar-refractivity contribution in [3.05, 3.63) is 64.2 Å². The standard InChI is InChI=1S/C14H13NO4/c1-18-13-9-19-12(7-11(13)16)14(17)15-8-10-5-3-2-4-6-10/h2-7,9H,8H2,1H3,(H,15,17). The zero-order valence-corrected chi connectivity index (χ0v) is 10.4. The van der Waals surface area contributed by atoms with E-state index in [1.54, 1.807) is 0 Å². The lowest BCUT2D eigenvalue weighted by Crippen LogP contribution is -2.24. The van der Waals surface area contributed by atoms with Gasteiger partial charge in [-0.3, -0.25) is 9.59 Å². The van der Waals surface area contributed by atoms with E-state index in [1.165, 1.54) is 7.11 Å². The molecule has 1 N–H and O–H groups in total. The molecule has 19 heavy (non-hydrogen) atoms. The zero-order chi connectivity index (χ0) is 13.7. The maximum atomic E-state index is 11.8. The number of methoxy groups -OCH3 is 1. The molecule has 0 aliphatic rings. The van der Waals surface area contributed by atoms with Crippen molar-refractivity contribution in [2.45, 2.75) is 6.54 Å². The number of nitrogens with one attached hydrogen (secondary N) is 1. The number of carbonyl (C=O) groups excluding carboxylic acids is 1. The first kappa shape index (κ1) is 12.9. The lowest BCUT2D eigenvalue weighted by Gasteiger charge is -2.05. The number of hydrogen-bond donors (Lipinski definition) is 1. The summed E-state index contributed by atoms with van der Waals surface area (Å²) in [6, 6.07) is 10.6. The van der Waals surface area contributed by atoms with Crippen molar-refractivity contribution in [2.75, 3.05) is 7.11 Å². The van der Waals surface area contributed by atoms with Crippen molar-refractivity contribution in [3.8, 4) is 5.75 Å². The van der Waals surface area contributed by atoms with E-state index in [1.807, 2.05) is 30.3 Å². The molecule has 1 amide bonds. The van der Waals surface area contributed by atoms with Crippen LogP contribution in [0.3, 0.4) is 0 Å². The van der Waals surface area contributed by atoms with E-state index in [0.717, 1.165) is 17.9 Å². The van der Waals surface area contributed by atoms with Crippen LogP contribution in [-0.4, -0.2) is 13.0 Å². The summed E-state index contributed by atoms with van der Waals surface area (Å²) in [5, 5.41) is 2.67. The molecule has 0 unspecified atom stereocenters. The lowest BCUT2D eigenvalue weighted by atomic mass is 10.2. The highest BCUT2D eigenvalue weighted by molar-refractivity contribution is 5.91. The van der Waals surface area contributed by atoms with E-state index in [2.05, 4.69) is 5.32 Å². The third-order valence-electron chi connectivity index (χ3n) is 2.54. The van der Waals surface area contributed by atoms with Gasteiger partial charge in [-0.05, 0) is 5.56 Å². The smallest absolute Gasteiger partial charge is 0.287 e. The van der Waals surface area contributed by atoms with E-state index in [-0.39, 0.29) is 11.5 Å². The van der Waals surface area contributed by atoms with Crippen LogP contribution in [0.2, 0.25) is 0 Å². The molecule has 0 aliphatic carbocycles. The molecule has 0 fully saturated rings. The second kappa shape index (κ2) is 5.86. The maximum Gasteiger partial charge on any atom is 0.287 e. The number of benzene rings is 1. The highest BCUT2D eigenvalue weighted by Gasteiger charge is 2.11. The molecule has 2 rings (SSSR count). The Balaban J connectivity index is 2.04. The van der Waals surface area contributed by atoms with E-state index in [9.17, 15) is 9.59 Å². The Labute approximate surface area is 109 Å². The van der Waals surface area contributed by atoms with Crippen molar-refractivity contribution < 1.29 is 13.9 Å². The monoisotopic (exact) mass is 259 g/mol. The van der Waals surface area contributed by atoms with Gasteiger partial charge in [0.15, 0.2) is 5.76 Å². The molecule has 5 nitrogen and oxygen atoms in total. The highest BCUT2D eigenvalue weighted by atomic mass is 16.5.